The Morgan fingerprint density at radius 1 is 1.18 bits per heavy atom. The van der Waals surface area contributed by atoms with Gasteiger partial charge in [-0.3, -0.25) is 9.59 Å². The Hall–Kier alpha value is -2.74. The fourth-order valence-electron chi connectivity index (χ4n) is 3.02. The van der Waals surface area contributed by atoms with Crippen molar-refractivity contribution in [1.82, 2.24) is 0 Å². The van der Waals surface area contributed by atoms with E-state index in [-0.39, 0.29) is 29.1 Å². The second-order valence-corrected chi connectivity index (χ2v) is 6.77. The summed E-state index contributed by atoms with van der Waals surface area (Å²) in [4.78, 5) is 25.4. The summed E-state index contributed by atoms with van der Waals surface area (Å²) in [5.41, 5.74) is 1.75. The smallest absolute Gasteiger partial charge is 0.375 e. The first-order valence-corrected chi connectivity index (χ1v) is 8.84. The second-order valence-electron chi connectivity index (χ2n) is 6.36. The maximum absolute atomic E-state index is 12.7. The number of halogens is 4. The maximum atomic E-state index is 12.7. The molecule has 2 aromatic rings. The van der Waals surface area contributed by atoms with E-state index in [2.05, 4.69) is 10.6 Å². The van der Waals surface area contributed by atoms with Crippen LogP contribution in [0.3, 0.4) is 0 Å². The third-order valence-electron chi connectivity index (χ3n) is 4.37. The van der Waals surface area contributed by atoms with Crippen LogP contribution in [0.15, 0.2) is 36.4 Å². The van der Waals surface area contributed by atoms with Crippen molar-refractivity contribution < 1.29 is 22.8 Å². The molecule has 0 saturated heterocycles. The Kier molecular flexibility index (Phi) is 5.51. The molecule has 0 fully saturated rings. The monoisotopic (exact) mass is 411 g/mol. The summed E-state index contributed by atoms with van der Waals surface area (Å²) >= 11 is 5.86. The molecule has 148 valence electrons. The van der Waals surface area contributed by atoms with Gasteiger partial charge in [0.2, 0.25) is 11.8 Å². The zero-order valence-corrected chi connectivity index (χ0v) is 15.6. The summed E-state index contributed by atoms with van der Waals surface area (Å²) in [6.07, 6.45) is -3.77. The molecule has 9 heteroatoms. The Morgan fingerprint density at radius 3 is 2.57 bits per heavy atom. The first kappa shape index (κ1) is 20.0. The fourth-order valence-corrected chi connectivity index (χ4v) is 3.27. The highest BCUT2D eigenvalue weighted by atomic mass is 35.5. The van der Waals surface area contributed by atoms with E-state index in [9.17, 15) is 22.8 Å². The minimum absolute atomic E-state index is 0.0341. The summed E-state index contributed by atoms with van der Waals surface area (Å²) in [5.74, 6) is -0.412. The minimum atomic E-state index is -4.48. The summed E-state index contributed by atoms with van der Waals surface area (Å²) in [5, 5.41) is 5.31. The van der Waals surface area contributed by atoms with Gasteiger partial charge in [-0.2, -0.15) is 13.2 Å². The van der Waals surface area contributed by atoms with Crippen LogP contribution in [0.1, 0.15) is 18.1 Å². The summed E-state index contributed by atoms with van der Waals surface area (Å²) in [6.45, 7) is 1.95. The van der Waals surface area contributed by atoms with E-state index in [1.54, 1.807) is 23.1 Å². The normalized spacial score (nSPS) is 13.2. The molecule has 0 spiro atoms. The van der Waals surface area contributed by atoms with Crippen molar-refractivity contribution in [2.45, 2.75) is 19.5 Å². The minimum Gasteiger partial charge on any atom is -0.375 e. The molecule has 2 amide bonds. The zero-order chi connectivity index (χ0) is 20.5. The molecular formula is C19H17ClF3N3O2. The number of nitrogens with one attached hydrogen (secondary N) is 2. The van der Waals surface area contributed by atoms with Gasteiger partial charge in [0.05, 0.1) is 22.8 Å². The number of hydrogen-bond acceptors (Lipinski definition) is 3. The van der Waals surface area contributed by atoms with Crippen LogP contribution in [0, 0.1) is 0 Å². The number of alkyl halides is 3. The number of nitrogens with zero attached hydrogens (tertiary/aromatic N) is 1. The van der Waals surface area contributed by atoms with E-state index < -0.39 is 11.7 Å². The van der Waals surface area contributed by atoms with Crippen molar-refractivity contribution in [3.8, 4) is 0 Å². The standard InChI is InChI=1S/C19H17ClF3N3O2/c1-11(27)26-7-6-12-8-14(3-5-17(12)26)25-18(28)10-24-16-4-2-13(9-15(16)20)19(21,22)23/h2-5,8-9,24H,6-7,10H2,1H3,(H,25,28). The number of benzene rings is 2. The van der Waals surface area contributed by atoms with E-state index in [0.717, 1.165) is 23.4 Å². The van der Waals surface area contributed by atoms with Crippen LogP contribution in [0.4, 0.5) is 30.2 Å². The van der Waals surface area contributed by atoms with Crippen LogP contribution >= 0.6 is 11.6 Å². The molecule has 0 bridgehead atoms. The van der Waals surface area contributed by atoms with Gasteiger partial charge in [0.25, 0.3) is 0 Å². The Morgan fingerprint density at radius 2 is 1.93 bits per heavy atom. The summed E-state index contributed by atoms with van der Waals surface area (Å²) in [6, 6.07) is 8.17. The predicted molar refractivity (Wildman–Crippen MR) is 102 cm³/mol. The Balaban J connectivity index is 1.60. The second kappa shape index (κ2) is 7.71. The highest BCUT2D eigenvalue weighted by Gasteiger charge is 2.31. The number of carbonyl (C=O) groups is 2. The van der Waals surface area contributed by atoms with Crippen LogP contribution in [-0.4, -0.2) is 24.9 Å². The van der Waals surface area contributed by atoms with Gasteiger partial charge < -0.3 is 15.5 Å². The number of fused-ring (bicyclic) bond motifs is 1. The number of amides is 2. The lowest BCUT2D eigenvalue weighted by molar-refractivity contribution is -0.137. The van der Waals surface area contributed by atoms with Gasteiger partial charge >= 0.3 is 6.18 Å². The van der Waals surface area contributed by atoms with Crippen molar-refractivity contribution in [2.24, 2.45) is 0 Å². The van der Waals surface area contributed by atoms with Crippen molar-refractivity contribution in [3.63, 3.8) is 0 Å². The summed E-state index contributed by atoms with van der Waals surface area (Å²) < 4.78 is 38.0. The molecule has 0 atom stereocenters. The molecule has 2 N–H and O–H groups in total. The van der Waals surface area contributed by atoms with Crippen LogP contribution < -0.4 is 15.5 Å². The molecule has 28 heavy (non-hydrogen) atoms. The van der Waals surface area contributed by atoms with E-state index in [0.29, 0.717) is 18.7 Å². The van der Waals surface area contributed by atoms with Crippen molar-refractivity contribution >= 4 is 40.5 Å². The van der Waals surface area contributed by atoms with Gasteiger partial charge in [0.1, 0.15) is 0 Å². The topological polar surface area (TPSA) is 61.4 Å². The molecule has 0 unspecified atom stereocenters. The average molecular weight is 412 g/mol. The quantitative estimate of drug-likeness (QED) is 0.787. The SMILES string of the molecule is CC(=O)N1CCc2cc(NC(=O)CNc3ccc(C(F)(F)F)cc3Cl)ccc21. The van der Waals surface area contributed by atoms with Crippen molar-refractivity contribution in [2.75, 3.05) is 28.6 Å². The largest absolute Gasteiger partial charge is 0.416 e. The zero-order valence-electron chi connectivity index (χ0n) is 14.9. The van der Waals surface area contributed by atoms with Gasteiger partial charge in [-0.1, -0.05) is 11.6 Å². The van der Waals surface area contributed by atoms with Crippen LogP contribution in [-0.2, 0) is 22.2 Å². The van der Waals surface area contributed by atoms with Crippen molar-refractivity contribution in [1.29, 1.82) is 0 Å². The Bertz CT molecular complexity index is 931. The number of rotatable bonds is 4. The molecule has 2 aromatic carbocycles. The van der Waals surface area contributed by atoms with E-state index in [4.69, 9.17) is 11.6 Å². The molecular weight excluding hydrogens is 395 g/mol. The molecule has 0 radical (unpaired) electrons. The number of carbonyl (C=O) groups excluding carboxylic acids is 2. The lowest BCUT2D eigenvalue weighted by Crippen LogP contribution is -2.25. The van der Waals surface area contributed by atoms with Crippen molar-refractivity contribution in [3.05, 3.63) is 52.5 Å². The van der Waals surface area contributed by atoms with Gasteiger partial charge in [-0.25, -0.2) is 0 Å². The van der Waals surface area contributed by atoms with Gasteiger partial charge in [0, 0.05) is 24.8 Å². The Labute approximate surface area is 164 Å². The average Bonchev–Trinajstić information content (AvgIpc) is 3.03. The van der Waals surface area contributed by atoms with E-state index >= 15 is 0 Å². The lowest BCUT2D eigenvalue weighted by Gasteiger charge is -2.15. The van der Waals surface area contributed by atoms with Gasteiger partial charge in [0.15, 0.2) is 0 Å². The third kappa shape index (κ3) is 4.39. The molecule has 1 aliphatic heterocycles. The van der Waals surface area contributed by atoms with E-state index in [1.165, 1.54) is 13.0 Å². The lowest BCUT2D eigenvalue weighted by atomic mass is 10.1. The first-order chi connectivity index (χ1) is 13.1. The highest BCUT2D eigenvalue weighted by Crippen LogP contribution is 2.34. The molecule has 1 aliphatic rings. The molecule has 3 rings (SSSR count). The van der Waals surface area contributed by atoms with Crippen LogP contribution in [0.2, 0.25) is 5.02 Å². The van der Waals surface area contributed by atoms with Crippen LogP contribution in [0.25, 0.3) is 0 Å². The summed E-state index contributed by atoms with van der Waals surface area (Å²) in [7, 11) is 0. The predicted octanol–water partition coefficient (Wildman–Crippen LogP) is 4.32. The molecule has 0 aromatic heterocycles. The highest BCUT2D eigenvalue weighted by molar-refractivity contribution is 6.33. The molecule has 5 nitrogen and oxygen atoms in total. The van der Waals surface area contributed by atoms with E-state index in [1.807, 2.05) is 0 Å². The molecule has 0 aliphatic carbocycles. The van der Waals surface area contributed by atoms with Gasteiger partial charge in [-0.05, 0) is 48.4 Å². The number of hydrogen-bond donors (Lipinski definition) is 2. The van der Waals surface area contributed by atoms with Gasteiger partial charge in [-0.15, -0.1) is 0 Å². The first-order valence-electron chi connectivity index (χ1n) is 8.46. The van der Waals surface area contributed by atoms with Crippen LogP contribution in [0.5, 0.6) is 0 Å². The fraction of sp³-hybridized carbons (Fsp3) is 0.263. The number of anilines is 3. The third-order valence-corrected chi connectivity index (χ3v) is 4.69. The molecule has 0 saturated carbocycles. The molecule has 1 heterocycles. The maximum Gasteiger partial charge on any atom is 0.416 e.